The van der Waals surface area contributed by atoms with Gasteiger partial charge in [0.2, 0.25) is 5.95 Å². The van der Waals surface area contributed by atoms with Crippen LogP contribution in [0, 0.1) is 17.1 Å². The van der Waals surface area contributed by atoms with E-state index in [-0.39, 0.29) is 11.8 Å². The van der Waals surface area contributed by atoms with Crippen molar-refractivity contribution < 1.29 is 4.39 Å². The monoisotopic (exact) mass is 306 g/mol. The van der Waals surface area contributed by atoms with E-state index in [4.69, 9.17) is 5.26 Å². The number of benzene rings is 2. The topological polar surface area (TPSA) is 86.5 Å². The molecule has 0 saturated heterocycles. The molecule has 0 unspecified atom stereocenters. The molecule has 1 heterocycles. The van der Waals surface area contributed by atoms with Gasteiger partial charge in [0.1, 0.15) is 5.82 Å². The molecule has 0 amide bonds. The lowest BCUT2D eigenvalue weighted by Gasteiger charge is -2.07. The summed E-state index contributed by atoms with van der Waals surface area (Å²) in [7, 11) is 0. The first-order valence-corrected chi connectivity index (χ1v) is 6.72. The summed E-state index contributed by atoms with van der Waals surface area (Å²) in [5, 5.41) is 22.4. The molecule has 2 aromatic carbocycles. The Kier molecular flexibility index (Phi) is 4.07. The van der Waals surface area contributed by atoms with Crippen LogP contribution in [0.2, 0.25) is 0 Å². The molecule has 0 aliphatic carbocycles. The molecule has 0 bridgehead atoms. The molecule has 0 spiro atoms. The molecule has 0 fully saturated rings. The van der Waals surface area contributed by atoms with E-state index in [9.17, 15) is 4.39 Å². The molecule has 0 saturated carbocycles. The SMILES string of the molecule is N#Cc1ccc(Nc2nncc(Nc3cccc(F)c3)n2)cc1. The van der Waals surface area contributed by atoms with Crippen LogP contribution in [0.3, 0.4) is 0 Å². The summed E-state index contributed by atoms with van der Waals surface area (Å²) >= 11 is 0. The van der Waals surface area contributed by atoms with Gasteiger partial charge in [-0.1, -0.05) is 6.07 Å². The fraction of sp³-hybridized carbons (Fsp3) is 0. The van der Waals surface area contributed by atoms with Crippen LogP contribution >= 0.6 is 0 Å². The Hall–Kier alpha value is -3.53. The van der Waals surface area contributed by atoms with Gasteiger partial charge >= 0.3 is 0 Å². The fourth-order valence-corrected chi connectivity index (χ4v) is 1.89. The smallest absolute Gasteiger partial charge is 0.249 e. The summed E-state index contributed by atoms with van der Waals surface area (Å²) in [5.41, 5.74) is 1.86. The van der Waals surface area contributed by atoms with Crippen LogP contribution in [0.1, 0.15) is 5.56 Å². The van der Waals surface area contributed by atoms with E-state index in [1.165, 1.54) is 18.3 Å². The second-order valence-electron chi connectivity index (χ2n) is 4.61. The van der Waals surface area contributed by atoms with E-state index in [0.29, 0.717) is 17.1 Å². The predicted octanol–water partition coefficient (Wildman–Crippen LogP) is 3.37. The largest absolute Gasteiger partial charge is 0.339 e. The zero-order valence-electron chi connectivity index (χ0n) is 11.9. The standard InChI is InChI=1S/C16H11FN6/c17-12-2-1-3-14(8-12)20-15-10-19-23-16(22-15)21-13-6-4-11(9-18)5-7-13/h1-8,10H,(H2,20,21,22,23). The molecule has 0 aliphatic rings. The van der Waals surface area contributed by atoms with Crippen LogP contribution in [-0.4, -0.2) is 15.2 Å². The number of halogens is 1. The fourth-order valence-electron chi connectivity index (χ4n) is 1.89. The Morgan fingerprint density at radius 2 is 1.83 bits per heavy atom. The van der Waals surface area contributed by atoms with Crippen molar-refractivity contribution in [2.24, 2.45) is 0 Å². The highest BCUT2D eigenvalue weighted by Gasteiger charge is 2.03. The van der Waals surface area contributed by atoms with E-state index in [2.05, 4.69) is 25.8 Å². The van der Waals surface area contributed by atoms with Gasteiger partial charge in [-0.15, -0.1) is 5.10 Å². The van der Waals surface area contributed by atoms with Crippen molar-refractivity contribution in [3.05, 3.63) is 66.1 Å². The van der Waals surface area contributed by atoms with Crippen molar-refractivity contribution in [1.82, 2.24) is 15.2 Å². The van der Waals surface area contributed by atoms with Crippen molar-refractivity contribution >= 4 is 23.1 Å². The van der Waals surface area contributed by atoms with Gasteiger partial charge in [-0.25, -0.2) is 4.39 Å². The van der Waals surface area contributed by atoms with E-state index < -0.39 is 0 Å². The first-order chi connectivity index (χ1) is 11.2. The number of rotatable bonds is 4. The summed E-state index contributed by atoms with van der Waals surface area (Å²) in [4.78, 5) is 4.25. The number of nitrogens with zero attached hydrogens (tertiary/aromatic N) is 4. The molecule has 6 nitrogen and oxygen atoms in total. The highest BCUT2D eigenvalue weighted by Crippen LogP contribution is 2.17. The maximum Gasteiger partial charge on any atom is 0.249 e. The Balaban J connectivity index is 1.75. The number of hydrogen-bond donors (Lipinski definition) is 2. The lowest BCUT2D eigenvalue weighted by atomic mass is 10.2. The minimum Gasteiger partial charge on any atom is -0.339 e. The summed E-state index contributed by atoms with van der Waals surface area (Å²) in [6.07, 6.45) is 1.44. The summed E-state index contributed by atoms with van der Waals surface area (Å²) in [6.45, 7) is 0. The first kappa shape index (κ1) is 14.4. The molecule has 0 radical (unpaired) electrons. The zero-order chi connectivity index (χ0) is 16.1. The van der Waals surface area contributed by atoms with Crippen LogP contribution < -0.4 is 10.6 Å². The van der Waals surface area contributed by atoms with Gasteiger partial charge in [0.05, 0.1) is 17.8 Å². The van der Waals surface area contributed by atoms with Gasteiger partial charge in [-0.05, 0) is 42.5 Å². The lowest BCUT2D eigenvalue weighted by Crippen LogP contribution is -2.02. The maximum absolute atomic E-state index is 13.2. The number of anilines is 4. The summed E-state index contributed by atoms with van der Waals surface area (Å²) < 4.78 is 13.2. The van der Waals surface area contributed by atoms with Crippen LogP contribution in [-0.2, 0) is 0 Å². The van der Waals surface area contributed by atoms with E-state index >= 15 is 0 Å². The van der Waals surface area contributed by atoms with Crippen molar-refractivity contribution in [1.29, 1.82) is 5.26 Å². The Morgan fingerprint density at radius 1 is 1.00 bits per heavy atom. The minimum absolute atomic E-state index is 0.288. The van der Waals surface area contributed by atoms with Gasteiger partial charge in [-0.3, -0.25) is 0 Å². The maximum atomic E-state index is 13.2. The first-order valence-electron chi connectivity index (χ1n) is 6.72. The molecular formula is C16H11FN6. The van der Waals surface area contributed by atoms with Gasteiger partial charge in [0.15, 0.2) is 5.82 Å². The molecule has 2 N–H and O–H groups in total. The van der Waals surface area contributed by atoms with Crippen molar-refractivity contribution in [2.45, 2.75) is 0 Å². The summed E-state index contributed by atoms with van der Waals surface area (Å²) in [6, 6.07) is 14.9. The second kappa shape index (κ2) is 6.49. The van der Waals surface area contributed by atoms with E-state index in [1.54, 1.807) is 36.4 Å². The van der Waals surface area contributed by atoms with Gasteiger partial charge in [0, 0.05) is 11.4 Å². The van der Waals surface area contributed by atoms with Crippen molar-refractivity contribution in [2.75, 3.05) is 10.6 Å². The summed E-state index contributed by atoms with van der Waals surface area (Å²) in [5.74, 6) is 0.380. The average molecular weight is 306 g/mol. The number of nitriles is 1. The lowest BCUT2D eigenvalue weighted by molar-refractivity contribution is 0.628. The highest BCUT2D eigenvalue weighted by atomic mass is 19.1. The minimum atomic E-state index is -0.340. The van der Waals surface area contributed by atoms with E-state index in [0.717, 1.165) is 5.69 Å². The quantitative estimate of drug-likeness (QED) is 0.768. The average Bonchev–Trinajstić information content (AvgIpc) is 2.56. The third-order valence-electron chi connectivity index (χ3n) is 2.93. The molecule has 0 atom stereocenters. The molecule has 3 aromatic rings. The zero-order valence-corrected chi connectivity index (χ0v) is 11.9. The molecule has 0 aliphatic heterocycles. The highest BCUT2D eigenvalue weighted by molar-refractivity contribution is 5.59. The molecule has 1 aromatic heterocycles. The second-order valence-corrected chi connectivity index (χ2v) is 4.61. The van der Waals surface area contributed by atoms with Crippen LogP contribution in [0.15, 0.2) is 54.7 Å². The Labute approximate surface area is 131 Å². The molecule has 7 heteroatoms. The van der Waals surface area contributed by atoms with Crippen LogP contribution in [0.25, 0.3) is 0 Å². The third-order valence-corrected chi connectivity index (χ3v) is 2.93. The number of nitrogens with one attached hydrogen (secondary N) is 2. The molecular weight excluding hydrogens is 295 g/mol. The Morgan fingerprint density at radius 3 is 2.57 bits per heavy atom. The number of hydrogen-bond acceptors (Lipinski definition) is 6. The normalized spacial score (nSPS) is 9.91. The van der Waals surface area contributed by atoms with Gasteiger partial charge < -0.3 is 10.6 Å². The van der Waals surface area contributed by atoms with Crippen molar-refractivity contribution in [3.8, 4) is 6.07 Å². The van der Waals surface area contributed by atoms with Gasteiger partial charge in [0.25, 0.3) is 0 Å². The number of aromatic nitrogens is 3. The third kappa shape index (κ3) is 3.77. The van der Waals surface area contributed by atoms with Crippen LogP contribution in [0.5, 0.6) is 0 Å². The van der Waals surface area contributed by atoms with Gasteiger partial charge in [-0.2, -0.15) is 15.3 Å². The molecule has 23 heavy (non-hydrogen) atoms. The Bertz CT molecular complexity index is 857. The molecule has 3 rings (SSSR count). The van der Waals surface area contributed by atoms with Crippen LogP contribution in [0.4, 0.5) is 27.5 Å². The molecule has 112 valence electrons. The van der Waals surface area contributed by atoms with E-state index in [1.807, 2.05) is 6.07 Å². The predicted molar refractivity (Wildman–Crippen MR) is 83.9 cm³/mol. The van der Waals surface area contributed by atoms with Crippen molar-refractivity contribution in [3.63, 3.8) is 0 Å².